The second kappa shape index (κ2) is 3.60. The molecule has 0 N–H and O–H groups in total. The molecule has 0 aliphatic carbocycles. The summed E-state index contributed by atoms with van der Waals surface area (Å²) < 4.78 is 6.52. The number of rotatable bonds is 2. The Morgan fingerprint density at radius 3 is 2.17 bits per heavy atom. The molecule has 0 spiro atoms. The van der Waals surface area contributed by atoms with Crippen LogP contribution in [0.25, 0.3) is 0 Å². The molecule has 0 atom stereocenters. The van der Waals surface area contributed by atoms with Crippen LogP contribution in [0.15, 0.2) is 12.4 Å². The molecule has 3 nitrogen and oxygen atoms in total. The number of methoxy groups -OCH3 is 1. The monoisotopic (exact) mass is 274 g/mol. The molecular formula is C8H14N2OSn. The molecule has 0 aliphatic heterocycles. The molecular weight excluding hydrogens is 259 g/mol. The zero-order valence-electron chi connectivity index (χ0n) is 7.96. The van der Waals surface area contributed by atoms with Crippen LogP contribution < -0.4 is 8.32 Å². The molecule has 0 bridgehead atoms. The second-order valence-electron chi connectivity index (χ2n) is 3.72. The molecule has 4 heteroatoms. The van der Waals surface area contributed by atoms with Crippen LogP contribution in [0.2, 0.25) is 14.8 Å². The third kappa shape index (κ3) is 2.09. The van der Waals surface area contributed by atoms with Gasteiger partial charge in [0.1, 0.15) is 0 Å². The van der Waals surface area contributed by atoms with E-state index in [2.05, 4.69) is 25.0 Å². The van der Waals surface area contributed by atoms with Crippen LogP contribution >= 0.6 is 0 Å². The summed E-state index contributed by atoms with van der Waals surface area (Å²) in [6, 6.07) is 0. The zero-order chi connectivity index (χ0) is 9.19. The number of aromatic nitrogens is 2. The Labute approximate surface area is 77.0 Å². The Morgan fingerprint density at radius 2 is 1.75 bits per heavy atom. The van der Waals surface area contributed by atoms with Crippen molar-refractivity contribution in [2.24, 2.45) is 0 Å². The van der Waals surface area contributed by atoms with E-state index in [0.29, 0.717) is 0 Å². The summed E-state index contributed by atoms with van der Waals surface area (Å²) in [6.07, 6.45) is 3.53. The first-order valence-corrected chi connectivity index (χ1v) is 13.9. The molecule has 0 unspecified atom stereocenters. The Kier molecular flexibility index (Phi) is 2.93. The molecule has 1 rings (SSSR count). The fraction of sp³-hybridized carbons (Fsp3) is 0.500. The number of ether oxygens (including phenoxy) is 1. The third-order valence-corrected chi connectivity index (χ3v) is 7.41. The van der Waals surface area contributed by atoms with Crippen molar-refractivity contribution >= 4 is 22.0 Å². The number of hydrogen-bond acceptors (Lipinski definition) is 3. The zero-order valence-corrected chi connectivity index (χ0v) is 10.8. The quantitative estimate of drug-likeness (QED) is 0.755. The topological polar surface area (TPSA) is 35.0 Å². The first kappa shape index (κ1) is 9.76. The Balaban J connectivity index is 3.14. The summed E-state index contributed by atoms with van der Waals surface area (Å²) in [6.45, 7) is 0. The molecule has 0 radical (unpaired) electrons. The molecule has 0 fully saturated rings. The van der Waals surface area contributed by atoms with Crippen LogP contribution in [0.1, 0.15) is 0 Å². The summed E-state index contributed by atoms with van der Waals surface area (Å²) >= 11 is -2.03. The predicted molar refractivity (Wildman–Crippen MR) is 51.6 cm³/mol. The van der Waals surface area contributed by atoms with Crippen LogP contribution in [0.4, 0.5) is 0 Å². The van der Waals surface area contributed by atoms with Crippen molar-refractivity contribution in [3.63, 3.8) is 0 Å². The van der Waals surface area contributed by atoms with Crippen LogP contribution in [0.3, 0.4) is 0 Å². The van der Waals surface area contributed by atoms with Crippen molar-refractivity contribution < 1.29 is 4.74 Å². The van der Waals surface area contributed by atoms with Crippen molar-refractivity contribution in [3.05, 3.63) is 12.4 Å². The van der Waals surface area contributed by atoms with Crippen molar-refractivity contribution in [1.29, 1.82) is 0 Å². The van der Waals surface area contributed by atoms with E-state index in [4.69, 9.17) is 4.74 Å². The Bertz CT molecular complexity index is 270. The molecule has 0 saturated heterocycles. The fourth-order valence-corrected chi connectivity index (χ4v) is 4.89. The molecule has 1 aromatic rings. The predicted octanol–water partition coefficient (Wildman–Crippen LogP) is 1.03. The normalized spacial score (nSPS) is 11.3. The van der Waals surface area contributed by atoms with Crippen LogP contribution in [-0.4, -0.2) is 35.7 Å². The van der Waals surface area contributed by atoms with Gasteiger partial charge in [-0.05, 0) is 0 Å². The van der Waals surface area contributed by atoms with Gasteiger partial charge >= 0.3 is 77.0 Å². The van der Waals surface area contributed by atoms with Gasteiger partial charge in [0, 0.05) is 0 Å². The van der Waals surface area contributed by atoms with Gasteiger partial charge in [-0.25, -0.2) is 0 Å². The van der Waals surface area contributed by atoms with Crippen LogP contribution in [0.5, 0.6) is 5.75 Å². The SMILES string of the molecule is COc1cnnc[c]1[Sn]([CH3])([CH3])[CH3]. The van der Waals surface area contributed by atoms with E-state index in [1.807, 2.05) is 6.20 Å². The van der Waals surface area contributed by atoms with Gasteiger partial charge in [0.05, 0.1) is 0 Å². The average molecular weight is 273 g/mol. The molecule has 0 aromatic carbocycles. The van der Waals surface area contributed by atoms with Gasteiger partial charge in [0.2, 0.25) is 0 Å². The minimum absolute atomic E-state index is 0.897. The summed E-state index contributed by atoms with van der Waals surface area (Å²) in [4.78, 5) is 6.98. The number of nitrogens with zero attached hydrogens (tertiary/aromatic N) is 2. The molecule has 12 heavy (non-hydrogen) atoms. The van der Waals surface area contributed by atoms with Crippen LogP contribution in [0, 0.1) is 0 Å². The van der Waals surface area contributed by atoms with E-state index in [0.717, 1.165) is 5.75 Å². The third-order valence-electron chi connectivity index (χ3n) is 1.72. The molecule has 66 valence electrons. The first-order chi connectivity index (χ1) is 5.55. The van der Waals surface area contributed by atoms with Gasteiger partial charge in [-0.15, -0.1) is 0 Å². The summed E-state index contributed by atoms with van der Waals surface area (Å²) in [7, 11) is 1.68. The fourth-order valence-electron chi connectivity index (χ4n) is 1.04. The van der Waals surface area contributed by atoms with E-state index < -0.39 is 18.4 Å². The Hall–Kier alpha value is -0.321. The van der Waals surface area contributed by atoms with E-state index in [1.165, 1.54) is 3.58 Å². The maximum absolute atomic E-state index is 5.22. The van der Waals surface area contributed by atoms with Crippen molar-refractivity contribution in [2.45, 2.75) is 14.8 Å². The van der Waals surface area contributed by atoms with Gasteiger partial charge < -0.3 is 0 Å². The molecule has 1 aromatic heterocycles. The standard InChI is InChI=1S/C5H5N2O.3CH3.Sn/c1-8-5-2-3-6-7-4-5;;;;/h3-4H,1H3;3*1H3;. The van der Waals surface area contributed by atoms with Gasteiger partial charge in [0.15, 0.2) is 0 Å². The van der Waals surface area contributed by atoms with E-state index in [-0.39, 0.29) is 0 Å². The van der Waals surface area contributed by atoms with Crippen molar-refractivity contribution in [2.75, 3.05) is 7.11 Å². The summed E-state index contributed by atoms with van der Waals surface area (Å²) in [5.41, 5.74) is 0. The van der Waals surface area contributed by atoms with Gasteiger partial charge in [-0.3, -0.25) is 0 Å². The Morgan fingerprint density at radius 1 is 1.17 bits per heavy atom. The average Bonchev–Trinajstić information content (AvgIpc) is 2.03. The van der Waals surface area contributed by atoms with Crippen molar-refractivity contribution in [1.82, 2.24) is 10.2 Å². The molecule has 0 amide bonds. The maximum atomic E-state index is 5.22. The van der Waals surface area contributed by atoms with Gasteiger partial charge in [0.25, 0.3) is 0 Å². The van der Waals surface area contributed by atoms with Crippen LogP contribution in [-0.2, 0) is 0 Å². The summed E-state index contributed by atoms with van der Waals surface area (Å²) in [5.74, 6) is 0.897. The molecule has 1 heterocycles. The van der Waals surface area contributed by atoms with Crippen molar-refractivity contribution in [3.8, 4) is 5.75 Å². The van der Waals surface area contributed by atoms with Gasteiger partial charge in [-0.2, -0.15) is 0 Å². The second-order valence-corrected chi connectivity index (χ2v) is 18.1. The first-order valence-electron chi connectivity index (χ1n) is 3.91. The molecule has 0 saturated carbocycles. The van der Waals surface area contributed by atoms with E-state index in [1.54, 1.807) is 13.3 Å². The van der Waals surface area contributed by atoms with E-state index in [9.17, 15) is 0 Å². The number of hydrogen-bond donors (Lipinski definition) is 0. The summed E-state index contributed by atoms with van der Waals surface area (Å²) in [5, 5.41) is 7.67. The van der Waals surface area contributed by atoms with Gasteiger partial charge in [-0.1, -0.05) is 0 Å². The minimum atomic E-state index is -2.03. The van der Waals surface area contributed by atoms with E-state index >= 15 is 0 Å². The molecule has 0 aliphatic rings.